The summed E-state index contributed by atoms with van der Waals surface area (Å²) in [6.45, 7) is 0.643. The van der Waals surface area contributed by atoms with Gasteiger partial charge in [-0.05, 0) is 48.3 Å². The Balaban J connectivity index is 1.35. The first kappa shape index (κ1) is 17.5. The van der Waals surface area contributed by atoms with Crippen molar-refractivity contribution in [2.75, 3.05) is 6.61 Å². The minimum atomic E-state index is -0.594. The molecule has 132 valence electrons. The van der Waals surface area contributed by atoms with E-state index in [-0.39, 0.29) is 6.61 Å². The van der Waals surface area contributed by atoms with Crippen LogP contribution in [0.15, 0.2) is 54.6 Å². The van der Waals surface area contributed by atoms with Crippen molar-refractivity contribution in [3.63, 3.8) is 0 Å². The summed E-state index contributed by atoms with van der Waals surface area (Å²) >= 11 is 0. The predicted molar refractivity (Wildman–Crippen MR) is 98.6 cm³/mol. The Morgan fingerprint density at radius 1 is 0.920 bits per heavy atom. The minimum absolute atomic E-state index is 0.253. The summed E-state index contributed by atoms with van der Waals surface area (Å²) in [5.74, 6) is 0.740. The average Bonchev–Trinajstić information content (AvgIpc) is 3.19. The number of carbonyl (C=O) groups is 1. The smallest absolute Gasteiger partial charge is 0.434 e. The van der Waals surface area contributed by atoms with Crippen LogP contribution in [0, 0.1) is 0 Å². The van der Waals surface area contributed by atoms with Crippen LogP contribution in [0.25, 0.3) is 0 Å². The van der Waals surface area contributed by atoms with E-state index in [1.165, 1.54) is 36.8 Å². The van der Waals surface area contributed by atoms with E-state index in [9.17, 15) is 4.79 Å². The maximum atomic E-state index is 11.6. The Kier molecular flexibility index (Phi) is 6.49. The molecule has 0 bridgehead atoms. The highest BCUT2D eigenvalue weighted by molar-refractivity contribution is 5.59. The second-order valence-electron chi connectivity index (χ2n) is 6.70. The van der Waals surface area contributed by atoms with Gasteiger partial charge in [0.05, 0.1) is 6.61 Å². The molecule has 2 aromatic carbocycles. The van der Waals surface area contributed by atoms with Crippen LogP contribution in [0.3, 0.4) is 0 Å². The molecule has 0 aromatic heterocycles. The number of benzene rings is 2. The fraction of sp³-hybridized carbons (Fsp3) is 0.409. The van der Waals surface area contributed by atoms with Crippen LogP contribution < -0.4 is 0 Å². The lowest BCUT2D eigenvalue weighted by Gasteiger charge is -2.11. The van der Waals surface area contributed by atoms with Crippen LogP contribution in [0.2, 0.25) is 0 Å². The lowest BCUT2D eigenvalue weighted by molar-refractivity contribution is 0.0492. The van der Waals surface area contributed by atoms with E-state index < -0.39 is 6.16 Å². The number of carbonyl (C=O) groups excluding carboxylic acids is 1. The lowest BCUT2D eigenvalue weighted by atomic mass is 9.95. The van der Waals surface area contributed by atoms with Gasteiger partial charge < -0.3 is 9.47 Å². The predicted octanol–water partition coefficient (Wildman–Crippen LogP) is 5.63. The molecular weight excluding hydrogens is 312 g/mol. The molecule has 0 unspecified atom stereocenters. The molecule has 0 atom stereocenters. The molecule has 1 saturated carbocycles. The Hall–Kier alpha value is -2.29. The van der Waals surface area contributed by atoms with E-state index >= 15 is 0 Å². The zero-order valence-electron chi connectivity index (χ0n) is 14.7. The topological polar surface area (TPSA) is 35.5 Å². The molecule has 0 heterocycles. The Labute approximate surface area is 150 Å². The molecule has 2 aromatic rings. The fourth-order valence-electron chi connectivity index (χ4n) is 3.45. The number of rotatable bonds is 7. The summed E-state index contributed by atoms with van der Waals surface area (Å²) in [6.07, 6.45) is 6.49. The minimum Gasteiger partial charge on any atom is -0.434 e. The molecule has 1 fully saturated rings. The second-order valence-corrected chi connectivity index (χ2v) is 6.70. The Morgan fingerprint density at radius 3 is 2.48 bits per heavy atom. The Bertz CT molecular complexity index is 660. The molecule has 0 saturated heterocycles. The third-order valence-corrected chi connectivity index (χ3v) is 4.81. The molecule has 0 spiro atoms. The molecule has 25 heavy (non-hydrogen) atoms. The molecule has 0 N–H and O–H groups in total. The van der Waals surface area contributed by atoms with Gasteiger partial charge in [-0.25, -0.2) is 4.79 Å². The molecule has 1 aliphatic carbocycles. The van der Waals surface area contributed by atoms with Gasteiger partial charge in [0, 0.05) is 0 Å². The van der Waals surface area contributed by atoms with Crippen molar-refractivity contribution in [1.29, 1.82) is 0 Å². The average molecular weight is 338 g/mol. The first-order valence-corrected chi connectivity index (χ1v) is 9.23. The monoisotopic (exact) mass is 338 g/mol. The van der Waals surface area contributed by atoms with Gasteiger partial charge in [-0.1, -0.05) is 67.4 Å². The van der Waals surface area contributed by atoms with Crippen LogP contribution >= 0.6 is 0 Å². The first-order valence-electron chi connectivity index (χ1n) is 9.23. The summed E-state index contributed by atoms with van der Waals surface area (Å²) < 4.78 is 10.3. The van der Waals surface area contributed by atoms with Gasteiger partial charge in [-0.15, -0.1) is 0 Å². The third kappa shape index (κ3) is 5.63. The SMILES string of the molecule is O=C(OCCCc1cccc(C2CCCC2)c1)OCc1ccccc1. The summed E-state index contributed by atoms with van der Waals surface area (Å²) in [5.41, 5.74) is 3.76. The molecule has 0 amide bonds. The second kappa shape index (κ2) is 9.26. The first-order chi connectivity index (χ1) is 12.3. The van der Waals surface area contributed by atoms with Crippen LogP contribution in [0.4, 0.5) is 4.79 Å². The van der Waals surface area contributed by atoms with Crippen molar-refractivity contribution >= 4 is 6.16 Å². The molecule has 0 aliphatic heterocycles. The van der Waals surface area contributed by atoms with Gasteiger partial charge in [0.25, 0.3) is 0 Å². The van der Waals surface area contributed by atoms with Gasteiger partial charge >= 0.3 is 6.16 Å². The highest BCUT2D eigenvalue weighted by Gasteiger charge is 2.16. The quantitative estimate of drug-likeness (QED) is 0.485. The van der Waals surface area contributed by atoms with Crippen molar-refractivity contribution in [1.82, 2.24) is 0 Å². The van der Waals surface area contributed by atoms with E-state index in [0.717, 1.165) is 24.3 Å². The molecule has 3 nitrogen and oxygen atoms in total. The van der Waals surface area contributed by atoms with Crippen LogP contribution in [-0.4, -0.2) is 12.8 Å². The van der Waals surface area contributed by atoms with E-state index in [0.29, 0.717) is 6.61 Å². The standard InChI is InChI=1S/C22H26O3/c23-22(25-17-19-8-2-1-3-9-19)24-15-7-11-18-10-6-14-21(16-18)20-12-4-5-13-20/h1-3,6,8-10,14,16,20H,4-5,7,11-13,15,17H2. The molecular formula is C22H26O3. The van der Waals surface area contributed by atoms with E-state index in [1.807, 2.05) is 30.3 Å². The lowest BCUT2D eigenvalue weighted by Crippen LogP contribution is -2.09. The molecule has 0 radical (unpaired) electrons. The van der Waals surface area contributed by atoms with Crippen LogP contribution in [0.1, 0.15) is 54.7 Å². The largest absolute Gasteiger partial charge is 0.508 e. The van der Waals surface area contributed by atoms with Crippen LogP contribution in [-0.2, 0) is 22.5 Å². The van der Waals surface area contributed by atoms with Crippen molar-refractivity contribution in [3.05, 3.63) is 71.3 Å². The number of hydrogen-bond acceptors (Lipinski definition) is 3. The number of hydrogen-bond donors (Lipinski definition) is 0. The fourth-order valence-corrected chi connectivity index (χ4v) is 3.45. The van der Waals surface area contributed by atoms with Crippen LogP contribution in [0.5, 0.6) is 0 Å². The van der Waals surface area contributed by atoms with Crippen molar-refractivity contribution in [2.24, 2.45) is 0 Å². The van der Waals surface area contributed by atoms with Gasteiger partial charge in [-0.2, -0.15) is 0 Å². The summed E-state index contributed by atoms with van der Waals surface area (Å²) in [6, 6.07) is 18.5. The maximum Gasteiger partial charge on any atom is 0.508 e. The zero-order valence-corrected chi connectivity index (χ0v) is 14.7. The third-order valence-electron chi connectivity index (χ3n) is 4.81. The molecule has 3 rings (SSSR count). The van der Waals surface area contributed by atoms with Crippen molar-refractivity contribution in [2.45, 2.75) is 51.0 Å². The zero-order chi connectivity index (χ0) is 17.3. The van der Waals surface area contributed by atoms with E-state index in [2.05, 4.69) is 24.3 Å². The highest BCUT2D eigenvalue weighted by Crippen LogP contribution is 2.34. The normalized spacial score (nSPS) is 14.4. The number of aryl methyl sites for hydroxylation is 1. The van der Waals surface area contributed by atoms with Gasteiger partial charge in [0.1, 0.15) is 6.61 Å². The van der Waals surface area contributed by atoms with Crippen molar-refractivity contribution in [3.8, 4) is 0 Å². The van der Waals surface area contributed by atoms with Crippen molar-refractivity contribution < 1.29 is 14.3 Å². The van der Waals surface area contributed by atoms with Gasteiger partial charge in [-0.3, -0.25) is 0 Å². The summed E-state index contributed by atoms with van der Waals surface area (Å²) in [5, 5.41) is 0. The summed E-state index contributed by atoms with van der Waals surface area (Å²) in [7, 11) is 0. The van der Waals surface area contributed by atoms with Gasteiger partial charge in [0.15, 0.2) is 0 Å². The Morgan fingerprint density at radius 2 is 1.68 bits per heavy atom. The molecule has 3 heteroatoms. The van der Waals surface area contributed by atoms with E-state index in [4.69, 9.17) is 9.47 Å². The number of ether oxygens (including phenoxy) is 2. The van der Waals surface area contributed by atoms with Gasteiger partial charge in [0.2, 0.25) is 0 Å². The maximum absolute atomic E-state index is 11.6. The summed E-state index contributed by atoms with van der Waals surface area (Å²) in [4.78, 5) is 11.6. The highest BCUT2D eigenvalue weighted by atomic mass is 16.7. The van der Waals surface area contributed by atoms with E-state index in [1.54, 1.807) is 0 Å². The molecule has 1 aliphatic rings.